The van der Waals surface area contributed by atoms with Crippen molar-refractivity contribution in [1.82, 2.24) is 4.31 Å². The van der Waals surface area contributed by atoms with Crippen LogP contribution in [0, 0.1) is 6.92 Å². The van der Waals surface area contributed by atoms with Gasteiger partial charge in [-0.05, 0) is 38.0 Å². The van der Waals surface area contributed by atoms with E-state index < -0.39 is 22.2 Å². The maximum Gasteiger partial charge on any atom is 0.243 e. The van der Waals surface area contributed by atoms with Gasteiger partial charge in [-0.25, -0.2) is 8.42 Å². The number of ether oxygens (including phenoxy) is 1. The van der Waals surface area contributed by atoms with Crippen LogP contribution >= 0.6 is 0 Å². The van der Waals surface area contributed by atoms with Crippen molar-refractivity contribution in [3.05, 3.63) is 77.9 Å². The number of ketones is 1. The van der Waals surface area contributed by atoms with E-state index in [2.05, 4.69) is 6.58 Å². The Hall–Kier alpha value is -2.28. The summed E-state index contributed by atoms with van der Waals surface area (Å²) in [4.78, 5) is 12.2. The molecule has 1 saturated heterocycles. The van der Waals surface area contributed by atoms with Crippen molar-refractivity contribution in [3.63, 3.8) is 0 Å². The Balaban J connectivity index is 1.87. The van der Waals surface area contributed by atoms with Gasteiger partial charge in [-0.1, -0.05) is 54.6 Å². The number of hydrogen-bond acceptors (Lipinski definition) is 4. The highest BCUT2D eigenvalue weighted by Crippen LogP contribution is 2.32. The van der Waals surface area contributed by atoms with E-state index >= 15 is 0 Å². The first-order valence-electron chi connectivity index (χ1n) is 9.24. The normalized spacial score (nSPS) is 20.2. The number of benzene rings is 2. The Kier molecular flexibility index (Phi) is 6.13. The van der Waals surface area contributed by atoms with E-state index in [9.17, 15) is 13.2 Å². The van der Waals surface area contributed by atoms with Gasteiger partial charge in [0.05, 0.1) is 23.6 Å². The van der Waals surface area contributed by atoms with Crippen LogP contribution in [0.15, 0.2) is 71.6 Å². The molecule has 1 aliphatic rings. The first-order chi connectivity index (χ1) is 13.3. The third kappa shape index (κ3) is 4.24. The molecule has 0 radical (unpaired) electrons. The van der Waals surface area contributed by atoms with Crippen LogP contribution in [0.1, 0.15) is 24.5 Å². The second-order valence-electron chi connectivity index (χ2n) is 7.08. The first kappa shape index (κ1) is 20.5. The van der Waals surface area contributed by atoms with Gasteiger partial charge in [-0.3, -0.25) is 4.79 Å². The Morgan fingerprint density at radius 1 is 1.14 bits per heavy atom. The number of aryl methyl sites for hydroxylation is 1. The molecule has 1 heterocycles. The summed E-state index contributed by atoms with van der Waals surface area (Å²) in [5.74, 6) is -0.232. The van der Waals surface area contributed by atoms with Crippen molar-refractivity contribution in [1.29, 1.82) is 0 Å². The predicted molar refractivity (Wildman–Crippen MR) is 108 cm³/mol. The average Bonchev–Trinajstić information content (AvgIpc) is 3.11. The molecule has 0 aliphatic carbocycles. The van der Waals surface area contributed by atoms with E-state index in [0.29, 0.717) is 13.0 Å². The van der Waals surface area contributed by atoms with E-state index in [-0.39, 0.29) is 22.8 Å². The molecular weight excluding hydrogens is 374 g/mol. The second kappa shape index (κ2) is 8.39. The molecule has 0 spiro atoms. The van der Waals surface area contributed by atoms with Crippen molar-refractivity contribution >= 4 is 15.8 Å². The van der Waals surface area contributed by atoms with Gasteiger partial charge in [-0.15, -0.1) is 0 Å². The lowest BCUT2D eigenvalue weighted by Gasteiger charge is -2.28. The number of Topliss-reactive ketones (excluding diaryl/α,β-unsaturated/α-hetero) is 1. The van der Waals surface area contributed by atoms with Crippen LogP contribution in [-0.4, -0.2) is 37.2 Å². The fraction of sp³-hybridized carbons (Fsp3) is 0.318. The smallest absolute Gasteiger partial charge is 0.243 e. The third-order valence-corrected chi connectivity index (χ3v) is 6.94. The molecule has 0 unspecified atom stereocenters. The number of carbonyl (C=O) groups excluding carboxylic acids is 1. The highest BCUT2D eigenvalue weighted by molar-refractivity contribution is 7.89. The fourth-order valence-electron chi connectivity index (χ4n) is 3.41. The highest BCUT2D eigenvalue weighted by Gasteiger charge is 2.44. The van der Waals surface area contributed by atoms with Crippen molar-refractivity contribution in [3.8, 4) is 0 Å². The minimum Gasteiger partial charge on any atom is -0.371 e. The lowest BCUT2D eigenvalue weighted by molar-refractivity contribution is -0.114. The van der Waals surface area contributed by atoms with Gasteiger partial charge in [0, 0.05) is 12.1 Å². The number of hydrogen-bond donors (Lipinski definition) is 0. The molecule has 0 saturated carbocycles. The molecular formula is C22H25NO4S. The number of carbonyl (C=O) groups is 1. The summed E-state index contributed by atoms with van der Waals surface area (Å²) in [6.45, 7) is 7.83. The largest absolute Gasteiger partial charge is 0.371 e. The van der Waals surface area contributed by atoms with Crippen molar-refractivity contribution in [2.24, 2.45) is 0 Å². The van der Waals surface area contributed by atoms with Crippen LogP contribution in [0.4, 0.5) is 0 Å². The molecule has 2 aromatic rings. The molecule has 5 nitrogen and oxygen atoms in total. The summed E-state index contributed by atoms with van der Waals surface area (Å²) in [6, 6.07) is 15.7. The van der Waals surface area contributed by atoms with E-state index in [1.807, 2.05) is 37.3 Å². The molecule has 1 fully saturated rings. The summed E-state index contributed by atoms with van der Waals surface area (Å²) in [7, 11) is -3.76. The van der Waals surface area contributed by atoms with Gasteiger partial charge in [-0.2, -0.15) is 4.31 Å². The molecule has 148 valence electrons. The van der Waals surface area contributed by atoms with Crippen molar-refractivity contribution < 1.29 is 17.9 Å². The van der Waals surface area contributed by atoms with Crippen LogP contribution in [0.25, 0.3) is 0 Å². The van der Waals surface area contributed by atoms with Gasteiger partial charge in [0.2, 0.25) is 10.0 Å². The summed E-state index contributed by atoms with van der Waals surface area (Å²) in [5.41, 5.74) is 2.23. The third-order valence-electron chi connectivity index (χ3n) is 5.04. The van der Waals surface area contributed by atoms with Crippen molar-refractivity contribution in [2.45, 2.75) is 43.9 Å². The lowest BCUT2D eigenvalue weighted by atomic mass is 10.0. The minimum absolute atomic E-state index is 0.211. The second-order valence-corrected chi connectivity index (χ2v) is 8.97. The first-order valence-corrected chi connectivity index (χ1v) is 10.7. The maximum absolute atomic E-state index is 13.2. The highest BCUT2D eigenvalue weighted by atomic mass is 32.2. The molecule has 3 rings (SSSR count). The minimum atomic E-state index is -3.76. The fourth-order valence-corrected chi connectivity index (χ4v) is 5.07. The van der Waals surface area contributed by atoms with E-state index in [0.717, 1.165) is 11.1 Å². The standard InChI is InChI=1S/C22H25NO4S/c1-16-9-11-20(12-10-16)28(25,26)23-14-13-21(22(23)17(2)18(3)24)27-15-19-7-5-4-6-8-19/h4-12,21-22H,2,13-15H2,1,3H3/t21-,22+/m0/s1. The van der Waals surface area contributed by atoms with Gasteiger partial charge in [0.25, 0.3) is 0 Å². The number of rotatable bonds is 7. The summed E-state index contributed by atoms with van der Waals surface area (Å²) in [6.07, 6.45) is 0.0892. The lowest BCUT2D eigenvalue weighted by Crippen LogP contribution is -2.42. The average molecular weight is 400 g/mol. The zero-order valence-electron chi connectivity index (χ0n) is 16.2. The van der Waals surface area contributed by atoms with E-state index in [4.69, 9.17) is 4.74 Å². The van der Waals surface area contributed by atoms with Gasteiger partial charge < -0.3 is 4.74 Å². The topological polar surface area (TPSA) is 63.7 Å². The van der Waals surface area contributed by atoms with Crippen molar-refractivity contribution in [2.75, 3.05) is 6.54 Å². The molecule has 1 aliphatic heterocycles. The summed E-state index contributed by atoms with van der Waals surface area (Å²) < 4.78 is 33.8. The van der Waals surface area contributed by atoms with Crippen LogP contribution in [-0.2, 0) is 26.2 Å². The Morgan fingerprint density at radius 3 is 2.39 bits per heavy atom. The van der Waals surface area contributed by atoms with E-state index in [1.54, 1.807) is 24.3 Å². The quantitative estimate of drug-likeness (QED) is 0.669. The van der Waals surface area contributed by atoms with Gasteiger partial charge in [0.15, 0.2) is 5.78 Å². The molecule has 2 aromatic carbocycles. The Bertz CT molecular complexity index is 952. The number of sulfonamides is 1. The molecule has 0 amide bonds. The molecule has 2 atom stereocenters. The van der Waals surface area contributed by atoms with Gasteiger partial charge >= 0.3 is 0 Å². The predicted octanol–water partition coefficient (Wildman–Crippen LogP) is 3.49. The van der Waals surface area contributed by atoms with Crippen LogP contribution in [0.2, 0.25) is 0 Å². The maximum atomic E-state index is 13.2. The SMILES string of the molecule is C=C(C(C)=O)[C@@H]1[C@@H](OCc2ccccc2)CCN1S(=O)(=O)c1ccc(C)cc1. The van der Waals surface area contributed by atoms with Gasteiger partial charge in [0.1, 0.15) is 0 Å². The summed E-state index contributed by atoms with van der Waals surface area (Å²) >= 11 is 0. The molecule has 0 N–H and O–H groups in total. The zero-order chi connectivity index (χ0) is 20.3. The Morgan fingerprint density at radius 2 is 1.79 bits per heavy atom. The molecule has 28 heavy (non-hydrogen) atoms. The van der Waals surface area contributed by atoms with Crippen LogP contribution in [0.5, 0.6) is 0 Å². The molecule has 0 aromatic heterocycles. The monoisotopic (exact) mass is 399 g/mol. The Labute approximate surface area is 166 Å². The van der Waals surface area contributed by atoms with Crippen LogP contribution in [0.3, 0.4) is 0 Å². The van der Waals surface area contributed by atoms with Crippen LogP contribution < -0.4 is 0 Å². The zero-order valence-corrected chi connectivity index (χ0v) is 17.0. The number of nitrogens with zero attached hydrogens (tertiary/aromatic N) is 1. The summed E-state index contributed by atoms with van der Waals surface area (Å²) in [5, 5.41) is 0. The van der Waals surface area contributed by atoms with E-state index in [1.165, 1.54) is 11.2 Å². The molecule has 0 bridgehead atoms. The molecule has 6 heteroatoms.